The molecule has 1 rings (SSSR count). The van der Waals surface area contributed by atoms with E-state index in [0.29, 0.717) is 10.8 Å². The second kappa shape index (κ2) is 6.40. The van der Waals surface area contributed by atoms with E-state index < -0.39 is 11.8 Å². The number of halogens is 2. The van der Waals surface area contributed by atoms with E-state index in [2.05, 4.69) is 29.8 Å². The zero-order chi connectivity index (χ0) is 13.0. The number of thioether (sulfide) groups is 1. The summed E-state index contributed by atoms with van der Waals surface area (Å²) in [7, 11) is 0. The highest BCUT2D eigenvalue weighted by molar-refractivity contribution is 9.10. The Bertz CT molecular complexity index is 423. The lowest BCUT2D eigenvalue weighted by molar-refractivity contribution is 0.0695. The second-order valence-corrected chi connectivity index (χ2v) is 5.72. The topological polar surface area (TPSA) is 37.3 Å². The molecule has 1 aromatic rings. The normalized spacial score (nSPS) is 12.5. The van der Waals surface area contributed by atoms with E-state index in [1.54, 1.807) is 0 Å². The zero-order valence-corrected chi connectivity index (χ0v) is 12.1. The Labute approximate surface area is 113 Å². The van der Waals surface area contributed by atoms with Crippen molar-refractivity contribution in [3.05, 3.63) is 28.0 Å². The Hall–Kier alpha value is -0.550. The standard InChI is InChI=1S/C12H14BrFO2S/c1-3-7(2)6-17-9-5-4-8(12(15)16)10(13)11(9)14/h4-5,7H,3,6H2,1-2H3,(H,15,16). The third-order valence-electron chi connectivity index (χ3n) is 2.50. The van der Waals surface area contributed by atoms with Gasteiger partial charge in [0.25, 0.3) is 0 Å². The minimum Gasteiger partial charge on any atom is -0.478 e. The van der Waals surface area contributed by atoms with Crippen LogP contribution in [0.25, 0.3) is 0 Å². The fraction of sp³-hybridized carbons (Fsp3) is 0.417. The molecule has 0 heterocycles. The van der Waals surface area contributed by atoms with Crippen molar-refractivity contribution in [1.29, 1.82) is 0 Å². The van der Waals surface area contributed by atoms with E-state index in [1.807, 2.05) is 0 Å². The van der Waals surface area contributed by atoms with E-state index >= 15 is 0 Å². The molecule has 0 saturated carbocycles. The third-order valence-corrected chi connectivity index (χ3v) is 4.63. The first kappa shape index (κ1) is 14.5. The van der Waals surface area contributed by atoms with Crippen molar-refractivity contribution < 1.29 is 14.3 Å². The number of rotatable bonds is 5. The highest BCUT2D eigenvalue weighted by atomic mass is 79.9. The van der Waals surface area contributed by atoms with Crippen LogP contribution in [0.15, 0.2) is 21.5 Å². The largest absolute Gasteiger partial charge is 0.478 e. The molecule has 0 saturated heterocycles. The predicted octanol–water partition coefficient (Wildman–Crippen LogP) is 4.42. The van der Waals surface area contributed by atoms with E-state index in [0.717, 1.165) is 12.2 Å². The number of hydrogen-bond donors (Lipinski definition) is 1. The molecule has 0 radical (unpaired) electrons. The monoisotopic (exact) mass is 320 g/mol. The molecule has 94 valence electrons. The Balaban J connectivity index is 2.89. The minimum absolute atomic E-state index is 0.0270. The Morgan fingerprint density at radius 2 is 2.24 bits per heavy atom. The summed E-state index contributed by atoms with van der Waals surface area (Å²) in [6, 6.07) is 2.95. The smallest absolute Gasteiger partial charge is 0.336 e. The van der Waals surface area contributed by atoms with Gasteiger partial charge in [0, 0.05) is 10.6 Å². The van der Waals surface area contributed by atoms with Crippen molar-refractivity contribution in [3.63, 3.8) is 0 Å². The number of benzene rings is 1. The molecule has 5 heteroatoms. The number of carbonyl (C=O) groups is 1. The number of carboxylic acid groups (broad SMARTS) is 1. The van der Waals surface area contributed by atoms with Crippen molar-refractivity contribution in [1.82, 2.24) is 0 Å². The molecule has 1 unspecified atom stereocenters. The molecule has 0 aliphatic rings. The number of carboxylic acids is 1. The average Bonchev–Trinajstić information content (AvgIpc) is 2.30. The molecule has 1 aromatic carbocycles. The first-order valence-corrected chi connectivity index (χ1v) is 7.09. The summed E-state index contributed by atoms with van der Waals surface area (Å²) >= 11 is 4.40. The van der Waals surface area contributed by atoms with Crippen molar-refractivity contribution in [2.24, 2.45) is 5.92 Å². The molecule has 0 spiro atoms. The van der Waals surface area contributed by atoms with E-state index in [9.17, 15) is 9.18 Å². The van der Waals surface area contributed by atoms with Crippen LogP contribution in [0.5, 0.6) is 0 Å². The second-order valence-electron chi connectivity index (χ2n) is 3.87. The van der Waals surface area contributed by atoms with Gasteiger partial charge in [0.2, 0.25) is 0 Å². The summed E-state index contributed by atoms with van der Waals surface area (Å²) in [4.78, 5) is 11.3. The molecular weight excluding hydrogens is 307 g/mol. The van der Waals surface area contributed by atoms with Crippen molar-refractivity contribution in [3.8, 4) is 0 Å². The van der Waals surface area contributed by atoms with E-state index in [4.69, 9.17) is 5.11 Å². The first-order chi connectivity index (χ1) is 7.97. The molecule has 1 atom stereocenters. The molecule has 0 aromatic heterocycles. The molecule has 0 bridgehead atoms. The van der Waals surface area contributed by atoms with Gasteiger partial charge in [-0.15, -0.1) is 11.8 Å². The van der Waals surface area contributed by atoms with Gasteiger partial charge in [-0.25, -0.2) is 9.18 Å². The van der Waals surface area contributed by atoms with Gasteiger partial charge in [0.05, 0.1) is 10.0 Å². The summed E-state index contributed by atoms with van der Waals surface area (Å²) in [6.45, 7) is 4.19. The van der Waals surface area contributed by atoms with Crippen LogP contribution in [-0.4, -0.2) is 16.8 Å². The highest BCUT2D eigenvalue weighted by Crippen LogP contribution is 2.31. The van der Waals surface area contributed by atoms with Gasteiger partial charge in [-0.3, -0.25) is 0 Å². The van der Waals surface area contributed by atoms with Crippen LogP contribution >= 0.6 is 27.7 Å². The average molecular weight is 321 g/mol. The number of aromatic carboxylic acids is 1. The summed E-state index contributed by atoms with van der Waals surface area (Å²) in [5.41, 5.74) is -0.0459. The predicted molar refractivity (Wildman–Crippen MR) is 71.2 cm³/mol. The molecule has 0 aliphatic carbocycles. The van der Waals surface area contributed by atoms with Crippen LogP contribution in [0.2, 0.25) is 0 Å². The molecular formula is C12H14BrFO2S. The van der Waals surface area contributed by atoms with Crippen LogP contribution < -0.4 is 0 Å². The minimum atomic E-state index is -1.13. The molecule has 0 amide bonds. The Morgan fingerprint density at radius 1 is 1.59 bits per heavy atom. The van der Waals surface area contributed by atoms with Gasteiger partial charge in [0.15, 0.2) is 5.82 Å². The van der Waals surface area contributed by atoms with Gasteiger partial charge < -0.3 is 5.11 Å². The molecule has 2 nitrogen and oxygen atoms in total. The quantitative estimate of drug-likeness (QED) is 0.816. The Kier molecular flexibility index (Phi) is 5.46. The third kappa shape index (κ3) is 3.71. The SMILES string of the molecule is CCC(C)CSc1ccc(C(=O)O)c(Br)c1F. The van der Waals surface area contributed by atoms with Gasteiger partial charge >= 0.3 is 5.97 Å². The van der Waals surface area contributed by atoms with Crippen LogP contribution in [0.4, 0.5) is 4.39 Å². The van der Waals surface area contributed by atoms with Gasteiger partial charge in [-0.1, -0.05) is 20.3 Å². The molecule has 1 N–H and O–H groups in total. The summed E-state index contributed by atoms with van der Waals surface area (Å²) in [5, 5.41) is 8.83. The lowest BCUT2D eigenvalue weighted by Gasteiger charge is -2.10. The van der Waals surface area contributed by atoms with E-state index in [-0.39, 0.29) is 10.0 Å². The summed E-state index contributed by atoms with van der Waals surface area (Å²) in [6.07, 6.45) is 1.04. The Morgan fingerprint density at radius 3 is 2.76 bits per heavy atom. The number of hydrogen-bond acceptors (Lipinski definition) is 2. The lowest BCUT2D eigenvalue weighted by Crippen LogP contribution is -2.01. The van der Waals surface area contributed by atoms with Gasteiger partial charge in [-0.2, -0.15) is 0 Å². The molecule has 0 aliphatic heterocycles. The van der Waals surface area contributed by atoms with Crippen LogP contribution in [0.3, 0.4) is 0 Å². The lowest BCUT2D eigenvalue weighted by atomic mass is 10.2. The fourth-order valence-corrected chi connectivity index (χ4v) is 2.90. The van der Waals surface area contributed by atoms with Crippen molar-refractivity contribution in [2.45, 2.75) is 25.2 Å². The summed E-state index contributed by atoms with van der Waals surface area (Å²) < 4.78 is 13.9. The van der Waals surface area contributed by atoms with Gasteiger partial charge in [0.1, 0.15) is 0 Å². The van der Waals surface area contributed by atoms with Crippen molar-refractivity contribution >= 4 is 33.7 Å². The maximum absolute atomic E-state index is 13.8. The zero-order valence-electron chi connectivity index (χ0n) is 9.67. The summed E-state index contributed by atoms with van der Waals surface area (Å²) in [5.74, 6) is -0.281. The molecule has 17 heavy (non-hydrogen) atoms. The van der Waals surface area contributed by atoms with Crippen molar-refractivity contribution in [2.75, 3.05) is 5.75 Å². The van der Waals surface area contributed by atoms with Crippen LogP contribution in [-0.2, 0) is 0 Å². The maximum atomic E-state index is 13.8. The van der Waals surface area contributed by atoms with Gasteiger partial charge in [-0.05, 0) is 34.0 Å². The van der Waals surface area contributed by atoms with Crippen LogP contribution in [0, 0.1) is 11.7 Å². The highest BCUT2D eigenvalue weighted by Gasteiger charge is 2.16. The van der Waals surface area contributed by atoms with E-state index in [1.165, 1.54) is 23.9 Å². The maximum Gasteiger partial charge on any atom is 0.336 e. The first-order valence-electron chi connectivity index (χ1n) is 5.31. The van der Waals surface area contributed by atoms with Crippen LogP contribution in [0.1, 0.15) is 30.6 Å². The molecule has 0 fully saturated rings. The fourth-order valence-electron chi connectivity index (χ4n) is 1.16.